The van der Waals surface area contributed by atoms with Gasteiger partial charge in [-0.1, -0.05) is 12.1 Å². The Morgan fingerprint density at radius 2 is 1.65 bits per heavy atom. The molecule has 1 aliphatic heterocycles. The molecule has 1 aromatic rings. The summed E-state index contributed by atoms with van der Waals surface area (Å²) >= 11 is 0. The van der Waals surface area contributed by atoms with Crippen LogP contribution in [0.3, 0.4) is 0 Å². The van der Waals surface area contributed by atoms with E-state index in [1.165, 1.54) is 12.1 Å². The molecular weight excluding hydrogens is 272 g/mol. The van der Waals surface area contributed by atoms with Gasteiger partial charge < -0.3 is 14.0 Å². The topological polar surface area (TPSA) is 27.7 Å². The van der Waals surface area contributed by atoms with Crippen LogP contribution in [0.5, 0.6) is 5.75 Å². The molecule has 20 heavy (non-hydrogen) atoms. The minimum absolute atomic E-state index is 0.0433. The first-order valence-corrected chi connectivity index (χ1v) is 6.23. The van der Waals surface area contributed by atoms with Crippen LogP contribution in [0.1, 0.15) is 27.7 Å². The molecule has 0 bridgehead atoms. The fourth-order valence-corrected chi connectivity index (χ4v) is 1.87. The molecular formula is C13H16BF3O3. The van der Waals surface area contributed by atoms with Crippen molar-refractivity contribution < 1.29 is 27.2 Å². The van der Waals surface area contributed by atoms with Crippen molar-refractivity contribution in [1.82, 2.24) is 0 Å². The molecule has 1 saturated heterocycles. The second-order valence-electron chi connectivity index (χ2n) is 5.63. The van der Waals surface area contributed by atoms with E-state index < -0.39 is 36.5 Å². The van der Waals surface area contributed by atoms with Crippen LogP contribution in [0.2, 0.25) is 0 Å². The first kappa shape index (κ1) is 15.2. The fraction of sp³-hybridized carbons (Fsp3) is 0.538. The van der Waals surface area contributed by atoms with Crippen molar-refractivity contribution in [3.05, 3.63) is 24.0 Å². The largest absolute Gasteiger partial charge is 0.497 e. The van der Waals surface area contributed by atoms with E-state index in [1.807, 2.05) is 27.7 Å². The molecule has 1 fully saturated rings. The van der Waals surface area contributed by atoms with E-state index in [9.17, 15) is 13.2 Å². The fourth-order valence-electron chi connectivity index (χ4n) is 1.87. The quantitative estimate of drug-likeness (QED) is 0.800. The Hall–Kier alpha value is -1.21. The third kappa shape index (κ3) is 2.65. The molecule has 0 saturated carbocycles. The maximum absolute atomic E-state index is 14.2. The van der Waals surface area contributed by atoms with E-state index in [1.54, 1.807) is 0 Å². The summed E-state index contributed by atoms with van der Waals surface area (Å²) < 4.78 is 54.1. The molecule has 7 heteroatoms. The van der Waals surface area contributed by atoms with Crippen LogP contribution in [-0.2, 0) is 9.31 Å². The van der Waals surface area contributed by atoms with Gasteiger partial charge in [0.25, 0.3) is 0 Å². The van der Waals surface area contributed by atoms with Crippen LogP contribution in [0.4, 0.5) is 13.2 Å². The summed E-state index contributed by atoms with van der Waals surface area (Å²) in [4.78, 5) is 0. The van der Waals surface area contributed by atoms with Gasteiger partial charge in [-0.05, 0) is 33.8 Å². The molecule has 3 nitrogen and oxygen atoms in total. The lowest BCUT2D eigenvalue weighted by molar-refractivity contribution is -0.0521. The summed E-state index contributed by atoms with van der Waals surface area (Å²) in [7, 11) is -0.957. The monoisotopic (exact) mass is 288 g/mol. The van der Waals surface area contributed by atoms with Gasteiger partial charge in [-0.15, -0.1) is 0 Å². The third-order valence-corrected chi connectivity index (χ3v) is 3.72. The summed E-state index contributed by atoms with van der Waals surface area (Å²) in [6.07, 6.45) is 0. The van der Waals surface area contributed by atoms with Crippen LogP contribution in [0.15, 0.2) is 18.2 Å². The van der Waals surface area contributed by atoms with E-state index in [4.69, 9.17) is 9.31 Å². The molecule has 2 rings (SSSR count). The zero-order chi connectivity index (χ0) is 15.1. The number of alkyl halides is 2. The van der Waals surface area contributed by atoms with E-state index in [-0.39, 0.29) is 5.46 Å². The Balaban J connectivity index is 2.31. The summed E-state index contributed by atoms with van der Waals surface area (Å²) in [5, 5.41) is 0. The van der Waals surface area contributed by atoms with Crippen LogP contribution in [0, 0.1) is 5.82 Å². The van der Waals surface area contributed by atoms with Crippen molar-refractivity contribution in [2.24, 2.45) is 0 Å². The van der Waals surface area contributed by atoms with Gasteiger partial charge in [0.05, 0.1) is 11.2 Å². The van der Waals surface area contributed by atoms with Crippen molar-refractivity contribution in [1.29, 1.82) is 0 Å². The lowest BCUT2D eigenvalue weighted by atomic mass is 9.78. The first-order valence-electron chi connectivity index (χ1n) is 6.23. The standard InChI is InChI=1S/C13H16BF3O3/c1-12(2)13(3,4)20-14(19-12)8-6-5-7-9(10(8)15)18-11(16)17/h5-7,11H,1-4H3. The molecule has 0 amide bonds. The molecule has 1 heterocycles. The maximum atomic E-state index is 14.2. The molecule has 0 unspecified atom stereocenters. The summed E-state index contributed by atoms with van der Waals surface area (Å²) in [5.41, 5.74) is -1.23. The van der Waals surface area contributed by atoms with Crippen LogP contribution >= 0.6 is 0 Å². The molecule has 110 valence electrons. The highest BCUT2D eigenvalue weighted by Crippen LogP contribution is 2.37. The van der Waals surface area contributed by atoms with Crippen LogP contribution in [0.25, 0.3) is 0 Å². The zero-order valence-electron chi connectivity index (χ0n) is 11.7. The molecule has 1 aromatic carbocycles. The average Bonchev–Trinajstić information content (AvgIpc) is 2.50. The van der Waals surface area contributed by atoms with Gasteiger partial charge in [-0.3, -0.25) is 0 Å². The molecule has 0 radical (unpaired) electrons. The van der Waals surface area contributed by atoms with Crippen molar-refractivity contribution >= 4 is 12.6 Å². The predicted octanol–water partition coefficient (Wildman–Crippen LogP) is 2.73. The van der Waals surface area contributed by atoms with Gasteiger partial charge in [-0.25, -0.2) is 4.39 Å². The van der Waals surface area contributed by atoms with Gasteiger partial charge in [0.2, 0.25) is 0 Å². The number of hydrogen-bond acceptors (Lipinski definition) is 3. The molecule has 0 aliphatic carbocycles. The first-order chi connectivity index (χ1) is 9.14. The second-order valence-corrected chi connectivity index (χ2v) is 5.63. The van der Waals surface area contributed by atoms with Crippen molar-refractivity contribution in [3.8, 4) is 5.75 Å². The number of ether oxygens (including phenoxy) is 1. The number of benzene rings is 1. The number of rotatable bonds is 3. The highest BCUT2D eigenvalue weighted by molar-refractivity contribution is 6.62. The summed E-state index contributed by atoms with van der Waals surface area (Å²) in [6.45, 7) is 4.21. The Kier molecular flexibility index (Phi) is 3.77. The predicted molar refractivity (Wildman–Crippen MR) is 68.7 cm³/mol. The lowest BCUT2D eigenvalue weighted by Gasteiger charge is -2.32. The molecule has 0 aromatic heterocycles. The third-order valence-electron chi connectivity index (χ3n) is 3.72. The molecule has 0 spiro atoms. The van der Waals surface area contributed by atoms with Crippen molar-refractivity contribution in [2.75, 3.05) is 0 Å². The van der Waals surface area contributed by atoms with Gasteiger partial charge >= 0.3 is 13.7 Å². The molecule has 0 atom stereocenters. The maximum Gasteiger partial charge on any atom is 0.497 e. The van der Waals surface area contributed by atoms with Crippen molar-refractivity contribution in [3.63, 3.8) is 0 Å². The van der Waals surface area contributed by atoms with E-state index in [0.717, 1.165) is 6.07 Å². The van der Waals surface area contributed by atoms with Crippen molar-refractivity contribution in [2.45, 2.75) is 45.5 Å². The van der Waals surface area contributed by atoms with Crippen LogP contribution < -0.4 is 10.2 Å². The minimum atomic E-state index is -3.09. The Labute approximate surface area is 116 Å². The van der Waals surface area contributed by atoms with Gasteiger partial charge in [0.15, 0.2) is 11.6 Å². The highest BCUT2D eigenvalue weighted by atomic mass is 19.3. The smallest absolute Gasteiger partial charge is 0.432 e. The second kappa shape index (κ2) is 4.97. The Morgan fingerprint density at radius 3 is 2.15 bits per heavy atom. The SMILES string of the molecule is CC1(C)OB(c2cccc(OC(F)F)c2F)OC1(C)C. The minimum Gasteiger partial charge on any atom is -0.432 e. The highest BCUT2D eigenvalue weighted by Gasteiger charge is 2.52. The van der Waals surface area contributed by atoms with Gasteiger partial charge in [-0.2, -0.15) is 8.78 Å². The lowest BCUT2D eigenvalue weighted by Crippen LogP contribution is -2.41. The summed E-state index contributed by atoms with van der Waals surface area (Å²) in [6, 6.07) is 3.98. The average molecular weight is 288 g/mol. The molecule has 0 N–H and O–H groups in total. The van der Waals surface area contributed by atoms with E-state index >= 15 is 0 Å². The van der Waals surface area contributed by atoms with Gasteiger partial charge in [0, 0.05) is 5.46 Å². The molecule has 1 aliphatic rings. The number of hydrogen-bond donors (Lipinski definition) is 0. The van der Waals surface area contributed by atoms with E-state index in [0.29, 0.717) is 0 Å². The Morgan fingerprint density at radius 1 is 1.10 bits per heavy atom. The normalized spacial score (nSPS) is 20.5. The Bertz CT molecular complexity index is 490. The summed E-state index contributed by atoms with van der Waals surface area (Å²) in [5.74, 6) is -1.42. The van der Waals surface area contributed by atoms with E-state index in [2.05, 4.69) is 4.74 Å². The number of halogens is 3. The van der Waals surface area contributed by atoms with Gasteiger partial charge in [0.1, 0.15) is 0 Å². The van der Waals surface area contributed by atoms with Crippen LogP contribution in [-0.4, -0.2) is 24.9 Å². The zero-order valence-corrected chi connectivity index (χ0v) is 11.7.